The van der Waals surface area contributed by atoms with Gasteiger partial charge < -0.3 is 4.74 Å². The number of aryl methyl sites for hydroxylation is 3. The predicted molar refractivity (Wildman–Crippen MR) is 68.3 cm³/mol. The third kappa shape index (κ3) is 1.95. The van der Waals surface area contributed by atoms with E-state index in [2.05, 4.69) is 31.0 Å². The first-order valence-corrected chi connectivity index (χ1v) is 6.02. The predicted octanol–water partition coefficient (Wildman–Crippen LogP) is 3.74. The zero-order valence-electron chi connectivity index (χ0n) is 10.00. The van der Waals surface area contributed by atoms with Crippen LogP contribution in [0.4, 0.5) is 0 Å². The molecule has 0 aliphatic carbocycles. The molecule has 1 aromatic carbocycles. The number of thiazole rings is 1. The fourth-order valence-electron chi connectivity index (χ4n) is 1.58. The highest BCUT2D eigenvalue weighted by Gasteiger charge is 2.11. The van der Waals surface area contributed by atoms with E-state index in [0.29, 0.717) is 0 Å². The second kappa shape index (κ2) is 4.26. The molecule has 0 saturated carbocycles. The number of aromatic nitrogens is 1. The second-order valence-corrected chi connectivity index (χ2v) is 5.07. The van der Waals surface area contributed by atoms with Gasteiger partial charge in [0.25, 0.3) is 0 Å². The summed E-state index contributed by atoms with van der Waals surface area (Å²) in [6.45, 7) is 6.21. The average Bonchev–Trinajstić information content (AvgIpc) is 2.59. The van der Waals surface area contributed by atoms with Crippen molar-refractivity contribution in [2.45, 2.75) is 20.8 Å². The number of rotatable bonds is 2. The summed E-state index contributed by atoms with van der Waals surface area (Å²) in [6, 6.07) is 6.17. The molecule has 2 rings (SSSR count). The lowest BCUT2D eigenvalue weighted by Gasteiger charge is -2.06. The minimum Gasteiger partial charge on any atom is -0.496 e. The fourth-order valence-corrected chi connectivity index (χ4v) is 2.51. The van der Waals surface area contributed by atoms with Gasteiger partial charge in [0, 0.05) is 4.88 Å². The molecule has 2 nitrogen and oxygen atoms in total. The van der Waals surface area contributed by atoms with E-state index in [0.717, 1.165) is 22.0 Å². The van der Waals surface area contributed by atoms with E-state index in [1.807, 2.05) is 13.0 Å². The van der Waals surface area contributed by atoms with E-state index in [9.17, 15) is 0 Å². The minimum absolute atomic E-state index is 0.888. The summed E-state index contributed by atoms with van der Waals surface area (Å²) >= 11 is 1.71. The molecule has 0 amide bonds. The quantitative estimate of drug-likeness (QED) is 0.788. The van der Waals surface area contributed by atoms with Crippen LogP contribution in [0.15, 0.2) is 18.2 Å². The average molecular weight is 233 g/mol. The largest absolute Gasteiger partial charge is 0.496 e. The lowest BCUT2D eigenvalue weighted by molar-refractivity contribution is 0.416. The second-order valence-electron chi connectivity index (χ2n) is 3.86. The maximum absolute atomic E-state index is 5.37. The topological polar surface area (TPSA) is 22.1 Å². The number of methoxy groups -OCH3 is 1. The minimum atomic E-state index is 0.888. The van der Waals surface area contributed by atoms with Gasteiger partial charge in [-0.05, 0) is 32.9 Å². The maximum atomic E-state index is 5.37. The van der Waals surface area contributed by atoms with Crippen LogP contribution in [0.1, 0.15) is 16.1 Å². The summed E-state index contributed by atoms with van der Waals surface area (Å²) in [5, 5.41) is 1.04. The van der Waals surface area contributed by atoms with Crippen LogP contribution in [-0.2, 0) is 0 Å². The van der Waals surface area contributed by atoms with Gasteiger partial charge in [-0.3, -0.25) is 0 Å². The van der Waals surface area contributed by atoms with E-state index in [1.165, 1.54) is 10.4 Å². The molecular formula is C13H15NOS. The number of nitrogens with zero attached hydrogens (tertiary/aromatic N) is 1. The van der Waals surface area contributed by atoms with Crippen LogP contribution in [0.3, 0.4) is 0 Å². The van der Waals surface area contributed by atoms with Gasteiger partial charge >= 0.3 is 0 Å². The Morgan fingerprint density at radius 3 is 2.50 bits per heavy atom. The Morgan fingerprint density at radius 2 is 1.94 bits per heavy atom. The highest BCUT2D eigenvalue weighted by Crippen LogP contribution is 2.34. The van der Waals surface area contributed by atoms with Gasteiger partial charge in [0.15, 0.2) is 0 Å². The summed E-state index contributed by atoms with van der Waals surface area (Å²) in [6.07, 6.45) is 0. The Morgan fingerprint density at radius 1 is 1.19 bits per heavy atom. The summed E-state index contributed by atoms with van der Waals surface area (Å²) in [7, 11) is 1.70. The van der Waals surface area contributed by atoms with Gasteiger partial charge in [0.1, 0.15) is 10.8 Å². The van der Waals surface area contributed by atoms with Crippen molar-refractivity contribution in [1.82, 2.24) is 4.98 Å². The number of ether oxygens (including phenoxy) is 1. The van der Waals surface area contributed by atoms with Crippen LogP contribution in [0.25, 0.3) is 10.6 Å². The highest BCUT2D eigenvalue weighted by atomic mass is 32.1. The van der Waals surface area contributed by atoms with Crippen molar-refractivity contribution in [3.63, 3.8) is 0 Å². The van der Waals surface area contributed by atoms with Crippen LogP contribution in [0, 0.1) is 20.8 Å². The maximum Gasteiger partial charge on any atom is 0.129 e. The third-order valence-corrected chi connectivity index (χ3v) is 3.72. The van der Waals surface area contributed by atoms with Gasteiger partial charge in [0.05, 0.1) is 18.4 Å². The van der Waals surface area contributed by atoms with Gasteiger partial charge in [0.2, 0.25) is 0 Å². The molecule has 0 fully saturated rings. The van der Waals surface area contributed by atoms with Crippen LogP contribution < -0.4 is 4.74 Å². The molecular weight excluding hydrogens is 218 g/mol. The lowest BCUT2D eigenvalue weighted by Crippen LogP contribution is -1.88. The summed E-state index contributed by atoms with van der Waals surface area (Å²) in [5.74, 6) is 0.888. The molecule has 2 aromatic rings. The zero-order chi connectivity index (χ0) is 11.7. The first-order valence-electron chi connectivity index (χ1n) is 5.21. The Kier molecular flexibility index (Phi) is 2.97. The SMILES string of the molecule is COc1ccc(C)cc1-c1nc(C)c(C)s1. The summed E-state index contributed by atoms with van der Waals surface area (Å²) in [5.41, 5.74) is 3.41. The van der Waals surface area contributed by atoms with E-state index < -0.39 is 0 Å². The normalized spacial score (nSPS) is 10.5. The lowest BCUT2D eigenvalue weighted by atomic mass is 10.1. The molecule has 0 bridgehead atoms. The standard InChI is InChI=1S/C13H15NOS/c1-8-5-6-12(15-4)11(7-8)13-14-9(2)10(3)16-13/h5-7H,1-4H3. The van der Waals surface area contributed by atoms with E-state index in [-0.39, 0.29) is 0 Å². The van der Waals surface area contributed by atoms with Crippen LogP contribution >= 0.6 is 11.3 Å². The molecule has 1 heterocycles. The molecule has 0 radical (unpaired) electrons. The number of hydrogen-bond acceptors (Lipinski definition) is 3. The van der Waals surface area contributed by atoms with Gasteiger partial charge in [-0.15, -0.1) is 11.3 Å². The molecule has 0 saturated heterocycles. The van der Waals surface area contributed by atoms with E-state index in [4.69, 9.17) is 4.74 Å². The van der Waals surface area contributed by atoms with Crippen molar-refractivity contribution < 1.29 is 4.74 Å². The van der Waals surface area contributed by atoms with Crippen LogP contribution in [0.5, 0.6) is 5.75 Å². The Labute approximate surface area is 99.9 Å². The van der Waals surface area contributed by atoms with Gasteiger partial charge in [-0.1, -0.05) is 11.6 Å². The van der Waals surface area contributed by atoms with E-state index in [1.54, 1.807) is 18.4 Å². The molecule has 0 N–H and O–H groups in total. The molecule has 84 valence electrons. The third-order valence-electron chi connectivity index (χ3n) is 2.61. The van der Waals surface area contributed by atoms with Gasteiger partial charge in [-0.25, -0.2) is 4.98 Å². The van der Waals surface area contributed by atoms with Crippen molar-refractivity contribution in [2.24, 2.45) is 0 Å². The molecule has 0 aliphatic rings. The van der Waals surface area contributed by atoms with Crippen LogP contribution in [0.2, 0.25) is 0 Å². The summed E-state index contributed by atoms with van der Waals surface area (Å²) < 4.78 is 5.37. The molecule has 0 unspecified atom stereocenters. The van der Waals surface area contributed by atoms with Crippen molar-refractivity contribution in [3.05, 3.63) is 34.3 Å². The molecule has 1 aromatic heterocycles. The molecule has 16 heavy (non-hydrogen) atoms. The van der Waals surface area contributed by atoms with Crippen LogP contribution in [-0.4, -0.2) is 12.1 Å². The first kappa shape index (κ1) is 11.1. The molecule has 3 heteroatoms. The van der Waals surface area contributed by atoms with Crippen molar-refractivity contribution in [1.29, 1.82) is 0 Å². The molecule has 0 aliphatic heterocycles. The Bertz CT molecular complexity index is 497. The van der Waals surface area contributed by atoms with E-state index >= 15 is 0 Å². The molecule has 0 spiro atoms. The smallest absolute Gasteiger partial charge is 0.129 e. The first-order chi connectivity index (χ1) is 7.61. The fraction of sp³-hybridized carbons (Fsp3) is 0.308. The van der Waals surface area contributed by atoms with Crippen molar-refractivity contribution in [3.8, 4) is 16.3 Å². The van der Waals surface area contributed by atoms with Crippen molar-refractivity contribution >= 4 is 11.3 Å². The monoisotopic (exact) mass is 233 g/mol. The highest BCUT2D eigenvalue weighted by molar-refractivity contribution is 7.15. The van der Waals surface area contributed by atoms with Gasteiger partial charge in [-0.2, -0.15) is 0 Å². The van der Waals surface area contributed by atoms with Crippen molar-refractivity contribution in [2.75, 3.05) is 7.11 Å². The number of benzene rings is 1. The Hall–Kier alpha value is -1.35. The number of hydrogen-bond donors (Lipinski definition) is 0. The Balaban J connectivity index is 2.57. The molecule has 0 atom stereocenters. The zero-order valence-corrected chi connectivity index (χ0v) is 10.8. The summed E-state index contributed by atoms with van der Waals surface area (Å²) in [4.78, 5) is 5.83.